The summed E-state index contributed by atoms with van der Waals surface area (Å²) in [6.07, 6.45) is -0.0160. The van der Waals surface area contributed by atoms with Gasteiger partial charge in [0, 0.05) is 20.8 Å². The van der Waals surface area contributed by atoms with Crippen LogP contribution >= 0.6 is 23.3 Å². The van der Waals surface area contributed by atoms with Crippen molar-refractivity contribution in [1.29, 1.82) is 0 Å². The molecule has 7 heteroatoms. The largest absolute Gasteiger partial charge is 0.382 e. The van der Waals surface area contributed by atoms with Crippen LogP contribution in [0.2, 0.25) is 5.15 Å². The number of nitrogens with one attached hydrogen (secondary N) is 1. The van der Waals surface area contributed by atoms with Gasteiger partial charge in [-0.1, -0.05) is 11.6 Å². The number of methoxy groups -OCH3 is 2. The summed E-state index contributed by atoms with van der Waals surface area (Å²) in [4.78, 5) is 0. The highest BCUT2D eigenvalue weighted by Crippen LogP contribution is 2.17. The van der Waals surface area contributed by atoms with Crippen molar-refractivity contribution < 1.29 is 9.47 Å². The lowest BCUT2D eigenvalue weighted by Crippen LogP contribution is -2.26. The van der Waals surface area contributed by atoms with Gasteiger partial charge in [-0.2, -0.15) is 8.75 Å². The molecule has 0 aliphatic carbocycles. The van der Waals surface area contributed by atoms with Crippen LogP contribution in [0, 0.1) is 0 Å². The Kier molecular flexibility index (Phi) is 5.10. The van der Waals surface area contributed by atoms with E-state index in [1.165, 1.54) is 0 Å². The SMILES string of the molecule is COCC(CNc1nsnc1Cl)OC. The first kappa shape index (κ1) is 11.6. The summed E-state index contributed by atoms with van der Waals surface area (Å²) < 4.78 is 17.9. The van der Waals surface area contributed by atoms with Gasteiger partial charge in [-0.15, -0.1) is 0 Å². The minimum atomic E-state index is -0.0160. The summed E-state index contributed by atoms with van der Waals surface area (Å²) >= 11 is 6.82. The van der Waals surface area contributed by atoms with Gasteiger partial charge in [0.05, 0.1) is 24.4 Å². The Bertz CT molecular complexity index is 271. The maximum Gasteiger partial charge on any atom is 0.186 e. The predicted octanol–water partition coefficient (Wildman–Crippen LogP) is 1.26. The van der Waals surface area contributed by atoms with Crippen LogP contribution in [0.3, 0.4) is 0 Å². The average Bonchev–Trinajstić information content (AvgIpc) is 2.59. The molecule has 0 aliphatic rings. The molecule has 1 rings (SSSR count). The first-order valence-electron chi connectivity index (χ1n) is 4.01. The molecule has 0 aliphatic heterocycles. The van der Waals surface area contributed by atoms with E-state index in [9.17, 15) is 0 Å². The number of hydrogen-bond acceptors (Lipinski definition) is 6. The Morgan fingerprint density at radius 3 is 2.79 bits per heavy atom. The van der Waals surface area contributed by atoms with Crippen molar-refractivity contribution in [3.05, 3.63) is 5.15 Å². The monoisotopic (exact) mass is 237 g/mol. The number of anilines is 1. The van der Waals surface area contributed by atoms with E-state index in [2.05, 4.69) is 14.1 Å². The van der Waals surface area contributed by atoms with E-state index in [0.29, 0.717) is 24.1 Å². The summed E-state index contributed by atoms with van der Waals surface area (Å²) in [5, 5.41) is 3.42. The summed E-state index contributed by atoms with van der Waals surface area (Å²) in [5.41, 5.74) is 0. The summed E-state index contributed by atoms with van der Waals surface area (Å²) in [6, 6.07) is 0. The zero-order valence-corrected chi connectivity index (χ0v) is 9.56. The lowest BCUT2D eigenvalue weighted by atomic mass is 10.4. The number of aromatic nitrogens is 2. The lowest BCUT2D eigenvalue weighted by molar-refractivity contribution is 0.0365. The van der Waals surface area contributed by atoms with E-state index in [4.69, 9.17) is 21.1 Å². The highest BCUT2D eigenvalue weighted by molar-refractivity contribution is 6.99. The van der Waals surface area contributed by atoms with Crippen molar-refractivity contribution >= 4 is 29.1 Å². The topological polar surface area (TPSA) is 56.3 Å². The van der Waals surface area contributed by atoms with Gasteiger partial charge in [-0.25, -0.2) is 0 Å². The summed E-state index contributed by atoms with van der Waals surface area (Å²) in [5.74, 6) is 0.592. The minimum Gasteiger partial charge on any atom is -0.382 e. The number of ether oxygens (including phenoxy) is 2. The second-order valence-corrected chi connectivity index (χ2v) is 3.48. The number of rotatable bonds is 6. The lowest BCUT2D eigenvalue weighted by Gasteiger charge is -2.14. The molecule has 0 fully saturated rings. The molecule has 0 saturated heterocycles. The summed E-state index contributed by atoms with van der Waals surface area (Å²) in [6.45, 7) is 1.12. The molecule has 1 N–H and O–H groups in total. The van der Waals surface area contributed by atoms with Crippen molar-refractivity contribution in [1.82, 2.24) is 8.75 Å². The van der Waals surface area contributed by atoms with E-state index in [1.807, 2.05) is 0 Å². The van der Waals surface area contributed by atoms with Gasteiger partial charge in [0.25, 0.3) is 0 Å². The number of hydrogen-bond donors (Lipinski definition) is 1. The molecule has 1 aromatic rings. The van der Waals surface area contributed by atoms with Gasteiger partial charge in [-0.05, 0) is 0 Å². The molecule has 1 unspecified atom stereocenters. The molecule has 0 bridgehead atoms. The molecule has 1 atom stereocenters. The van der Waals surface area contributed by atoms with Crippen LogP contribution < -0.4 is 5.32 Å². The molecule has 1 heterocycles. The van der Waals surface area contributed by atoms with E-state index in [1.54, 1.807) is 14.2 Å². The molecule has 0 spiro atoms. The van der Waals surface area contributed by atoms with Gasteiger partial charge in [0.15, 0.2) is 11.0 Å². The number of nitrogens with zero attached hydrogens (tertiary/aromatic N) is 2. The van der Waals surface area contributed by atoms with E-state index < -0.39 is 0 Å². The van der Waals surface area contributed by atoms with Gasteiger partial charge in [-0.3, -0.25) is 0 Å². The Balaban J connectivity index is 2.35. The number of halogens is 1. The van der Waals surface area contributed by atoms with Crippen LogP contribution in [-0.4, -0.2) is 42.2 Å². The fraction of sp³-hybridized carbons (Fsp3) is 0.714. The van der Waals surface area contributed by atoms with Crippen LogP contribution in [0.25, 0.3) is 0 Å². The molecular formula is C7H12ClN3O2S. The van der Waals surface area contributed by atoms with Crippen LogP contribution in [-0.2, 0) is 9.47 Å². The predicted molar refractivity (Wildman–Crippen MR) is 56.1 cm³/mol. The van der Waals surface area contributed by atoms with E-state index in [-0.39, 0.29) is 6.10 Å². The van der Waals surface area contributed by atoms with E-state index >= 15 is 0 Å². The van der Waals surface area contributed by atoms with Gasteiger partial charge in [0.2, 0.25) is 0 Å². The van der Waals surface area contributed by atoms with Gasteiger partial charge >= 0.3 is 0 Å². The molecule has 14 heavy (non-hydrogen) atoms. The second kappa shape index (κ2) is 6.13. The maximum absolute atomic E-state index is 5.75. The molecule has 0 saturated carbocycles. The Hall–Kier alpha value is -0.430. The Labute approximate surface area is 91.7 Å². The smallest absolute Gasteiger partial charge is 0.186 e. The van der Waals surface area contributed by atoms with Crippen molar-refractivity contribution in [3.63, 3.8) is 0 Å². The zero-order valence-electron chi connectivity index (χ0n) is 7.99. The third kappa shape index (κ3) is 3.38. The average molecular weight is 238 g/mol. The fourth-order valence-electron chi connectivity index (χ4n) is 0.890. The normalized spacial score (nSPS) is 12.8. The molecule has 0 radical (unpaired) electrons. The van der Waals surface area contributed by atoms with Crippen LogP contribution in [0.4, 0.5) is 5.82 Å². The minimum absolute atomic E-state index is 0.0160. The first-order chi connectivity index (χ1) is 6.77. The third-order valence-corrected chi connectivity index (χ3v) is 2.52. The third-order valence-electron chi connectivity index (χ3n) is 1.63. The first-order valence-corrected chi connectivity index (χ1v) is 5.12. The van der Waals surface area contributed by atoms with Crippen LogP contribution in [0.15, 0.2) is 0 Å². The fourth-order valence-corrected chi connectivity index (χ4v) is 1.57. The van der Waals surface area contributed by atoms with Crippen molar-refractivity contribution in [2.45, 2.75) is 6.10 Å². The quantitative estimate of drug-likeness (QED) is 0.808. The van der Waals surface area contributed by atoms with Crippen LogP contribution in [0.1, 0.15) is 0 Å². The molecule has 0 amide bonds. The molecular weight excluding hydrogens is 226 g/mol. The van der Waals surface area contributed by atoms with Gasteiger partial charge in [0.1, 0.15) is 0 Å². The van der Waals surface area contributed by atoms with Crippen molar-refractivity contribution in [2.24, 2.45) is 0 Å². The molecule has 5 nitrogen and oxygen atoms in total. The van der Waals surface area contributed by atoms with Crippen molar-refractivity contribution in [3.8, 4) is 0 Å². The molecule has 0 aromatic carbocycles. The highest BCUT2D eigenvalue weighted by atomic mass is 35.5. The second-order valence-electron chi connectivity index (χ2n) is 2.60. The molecule has 1 aromatic heterocycles. The van der Waals surface area contributed by atoms with Gasteiger partial charge < -0.3 is 14.8 Å². The maximum atomic E-state index is 5.75. The standard InChI is InChI=1S/C7H12ClN3O2S/c1-12-4-5(13-2)3-9-7-6(8)10-14-11-7/h5H,3-4H2,1-2H3,(H,9,11). The Morgan fingerprint density at radius 1 is 1.50 bits per heavy atom. The summed E-state index contributed by atoms with van der Waals surface area (Å²) in [7, 11) is 3.26. The highest BCUT2D eigenvalue weighted by Gasteiger charge is 2.09. The van der Waals surface area contributed by atoms with Crippen molar-refractivity contribution in [2.75, 3.05) is 32.7 Å². The van der Waals surface area contributed by atoms with E-state index in [0.717, 1.165) is 11.7 Å². The van der Waals surface area contributed by atoms with Crippen LogP contribution in [0.5, 0.6) is 0 Å². The molecule has 80 valence electrons. The Morgan fingerprint density at radius 2 is 2.29 bits per heavy atom. The zero-order chi connectivity index (χ0) is 10.4.